The average Bonchev–Trinajstić information content (AvgIpc) is 4.12. The Kier molecular flexibility index (Phi) is 12.0. The lowest BCUT2D eigenvalue weighted by Crippen LogP contribution is -2.62. The molecule has 2 aliphatic rings. The largest absolute Gasteiger partial charge is 0.464 e. The molecule has 69 heavy (non-hydrogen) atoms. The van der Waals surface area contributed by atoms with Crippen molar-refractivity contribution in [3.8, 4) is 12.3 Å². The summed E-state index contributed by atoms with van der Waals surface area (Å²) in [4.78, 5) is 78.1. The van der Waals surface area contributed by atoms with Crippen LogP contribution >= 0.6 is 0 Å². The van der Waals surface area contributed by atoms with Crippen molar-refractivity contribution in [1.82, 2.24) is 35.2 Å². The predicted molar refractivity (Wildman–Crippen MR) is 241 cm³/mol. The summed E-state index contributed by atoms with van der Waals surface area (Å²) in [6.07, 6.45) is 7.09. The van der Waals surface area contributed by atoms with Crippen LogP contribution in [0.2, 0.25) is 0 Å². The van der Waals surface area contributed by atoms with Crippen molar-refractivity contribution in [3.05, 3.63) is 129 Å². The Morgan fingerprint density at radius 3 is 1.55 bits per heavy atom. The molecule has 0 spiro atoms. The number of H-pyrrole nitrogens is 1. The smallest absolute Gasteiger partial charge is 0.293 e. The Hall–Kier alpha value is -7.88. The molecule has 9 rings (SSSR count). The first-order valence-electron chi connectivity index (χ1n) is 21.6. The maximum Gasteiger partial charge on any atom is 0.293 e. The van der Waals surface area contributed by atoms with E-state index in [4.69, 9.17) is 15.3 Å². The van der Waals surface area contributed by atoms with Crippen LogP contribution < -0.4 is 10.6 Å². The van der Waals surface area contributed by atoms with Crippen molar-refractivity contribution >= 4 is 56.9 Å². The number of terminal acetylenes is 1. The Bertz CT molecular complexity index is 3290. The molecule has 5 aromatic heterocycles. The molecule has 0 unspecified atom stereocenters. The normalized spacial score (nSPS) is 16.1. The number of Topliss-reactive ketones (excluding diaryl/α,β-unsaturated/α-hetero) is 4. The van der Waals surface area contributed by atoms with E-state index in [0.29, 0.717) is 45.1 Å². The molecule has 2 fully saturated rings. The first-order chi connectivity index (χ1) is 32.5. The zero-order chi connectivity index (χ0) is 50.0. The minimum atomic E-state index is -2.99. The lowest BCUT2D eigenvalue weighted by molar-refractivity contribution is -0.148. The van der Waals surface area contributed by atoms with Crippen molar-refractivity contribution in [2.24, 2.45) is 14.1 Å². The van der Waals surface area contributed by atoms with Gasteiger partial charge in [-0.15, -0.1) is 6.42 Å². The number of hydrogen-bond donors (Lipinski definition) is 3. The van der Waals surface area contributed by atoms with Gasteiger partial charge in [-0.05, 0) is 86.3 Å². The maximum absolute atomic E-state index is 13.8. The molecule has 19 heteroatoms. The van der Waals surface area contributed by atoms with E-state index >= 15 is 0 Å². The third-order valence-electron chi connectivity index (χ3n) is 13.1. The zero-order valence-electron chi connectivity index (χ0n) is 38.2. The Labute approximate surface area is 391 Å². The molecule has 0 aliphatic heterocycles. The number of aromatic nitrogens is 5. The van der Waals surface area contributed by atoms with Crippen LogP contribution in [-0.2, 0) is 42.1 Å². The molecule has 0 saturated heterocycles. The van der Waals surface area contributed by atoms with E-state index in [2.05, 4.69) is 32.0 Å². The van der Waals surface area contributed by atoms with Crippen LogP contribution in [0.1, 0.15) is 107 Å². The second kappa shape index (κ2) is 17.3. The lowest BCUT2D eigenvalue weighted by Gasteiger charge is -2.46. The number of aromatic amines is 1. The van der Waals surface area contributed by atoms with Crippen LogP contribution in [0.4, 0.5) is 17.6 Å². The fourth-order valence-electron chi connectivity index (χ4n) is 9.64. The molecule has 2 aliphatic carbocycles. The van der Waals surface area contributed by atoms with Gasteiger partial charge in [0.2, 0.25) is 0 Å². The number of fused-ring (bicyclic) bond motifs is 2. The summed E-state index contributed by atoms with van der Waals surface area (Å²) in [5.74, 6) is -8.16. The number of hydrogen-bond acceptors (Lipinski definition) is 10. The number of ketones is 4. The number of benzene rings is 2. The lowest BCUT2D eigenvalue weighted by atomic mass is 9.71. The van der Waals surface area contributed by atoms with Gasteiger partial charge >= 0.3 is 0 Å². The number of rotatable bonds is 13. The highest BCUT2D eigenvalue weighted by Crippen LogP contribution is 2.51. The van der Waals surface area contributed by atoms with Crippen molar-refractivity contribution in [2.75, 3.05) is 0 Å². The Balaban J connectivity index is 0.000000187. The van der Waals surface area contributed by atoms with E-state index in [1.165, 1.54) is 6.20 Å². The quantitative estimate of drug-likeness (QED) is 0.0450. The summed E-state index contributed by atoms with van der Waals surface area (Å²) < 4.78 is 68.0. The molecule has 0 bridgehead atoms. The summed E-state index contributed by atoms with van der Waals surface area (Å²) in [6, 6.07) is 14.5. The highest BCUT2D eigenvalue weighted by atomic mass is 19.3. The number of nitrogens with one attached hydrogen (secondary N) is 3. The van der Waals surface area contributed by atoms with Crippen LogP contribution in [0.5, 0.6) is 0 Å². The van der Waals surface area contributed by atoms with Gasteiger partial charge in [0.15, 0.2) is 11.6 Å². The highest BCUT2D eigenvalue weighted by molar-refractivity contribution is 6.44. The Morgan fingerprint density at radius 2 is 1.14 bits per heavy atom. The van der Waals surface area contributed by atoms with Crippen LogP contribution in [0.3, 0.4) is 0 Å². The van der Waals surface area contributed by atoms with Gasteiger partial charge in [0, 0.05) is 74.8 Å². The number of nitrogens with zero attached hydrogens (tertiary/aromatic N) is 4. The molecule has 356 valence electrons. The van der Waals surface area contributed by atoms with Crippen LogP contribution in [0.15, 0.2) is 76.1 Å². The molecule has 15 nitrogen and oxygen atoms in total. The summed E-state index contributed by atoms with van der Waals surface area (Å²) in [5.41, 5.74) is 2.39. The SMILES string of the molecule is C#CC1(NC(=O)C(=O)c2c(C)c(C(=O)Cc3ccc4occc4c3)n(C)c2C)CC(F)(F)C1.Cc1c(C(=O)C(=O)NC2(c3cn[nH]n3)CC(F)(F)C2)c(C)n(C)c1C(=O)Cc1ccc2occc2c1. The van der Waals surface area contributed by atoms with Crippen LogP contribution in [0, 0.1) is 40.0 Å². The molecular formula is C50H45F4N7O8. The van der Waals surface area contributed by atoms with E-state index < -0.39 is 72.0 Å². The number of amides is 2. The number of carbonyl (C=O) groups excluding carboxylic acids is 6. The van der Waals surface area contributed by atoms with Crippen molar-refractivity contribution in [2.45, 2.75) is 89.1 Å². The fourth-order valence-corrected chi connectivity index (χ4v) is 9.64. The number of furan rings is 2. The number of carbonyl (C=O) groups is 6. The molecular weight excluding hydrogens is 903 g/mol. The van der Waals surface area contributed by atoms with E-state index in [1.54, 1.807) is 99.8 Å². The molecule has 3 N–H and O–H groups in total. The molecule has 0 radical (unpaired) electrons. The molecule has 2 amide bonds. The maximum atomic E-state index is 13.8. The van der Waals surface area contributed by atoms with Crippen molar-refractivity contribution < 1.29 is 55.2 Å². The minimum absolute atomic E-state index is 0.0712. The predicted octanol–water partition coefficient (Wildman–Crippen LogP) is 7.47. The van der Waals surface area contributed by atoms with E-state index in [1.807, 2.05) is 12.1 Å². The monoisotopic (exact) mass is 947 g/mol. The first kappa shape index (κ1) is 47.6. The average molecular weight is 948 g/mol. The number of alkyl halides is 4. The third kappa shape index (κ3) is 8.78. The molecule has 7 aromatic rings. The fraction of sp³-hybridized carbons (Fsp3) is 0.320. The van der Waals surface area contributed by atoms with Gasteiger partial charge in [0.05, 0.1) is 46.8 Å². The second-order valence-electron chi connectivity index (χ2n) is 17.9. The van der Waals surface area contributed by atoms with Crippen LogP contribution in [-0.4, -0.2) is 76.9 Å². The molecule has 2 saturated carbocycles. The summed E-state index contributed by atoms with van der Waals surface area (Å²) in [6.45, 7) is 6.45. The molecule has 2 aromatic carbocycles. The number of halogens is 4. The minimum Gasteiger partial charge on any atom is -0.464 e. The van der Waals surface area contributed by atoms with E-state index in [0.717, 1.165) is 21.9 Å². The van der Waals surface area contributed by atoms with E-state index in [-0.39, 0.29) is 41.2 Å². The first-order valence-corrected chi connectivity index (χ1v) is 21.6. The topological polar surface area (TPSA) is 204 Å². The summed E-state index contributed by atoms with van der Waals surface area (Å²) >= 11 is 0. The second-order valence-corrected chi connectivity index (χ2v) is 17.9. The van der Waals surface area contributed by atoms with E-state index in [9.17, 15) is 46.3 Å². The Morgan fingerprint density at radius 1 is 0.696 bits per heavy atom. The van der Waals surface area contributed by atoms with Crippen molar-refractivity contribution in [3.63, 3.8) is 0 Å². The van der Waals surface area contributed by atoms with Gasteiger partial charge < -0.3 is 28.6 Å². The van der Waals surface area contributed by atoms with Crippen LogP contribution in [0.25, 0.3) is 21.9 Å². The molecule has 0 atom stereocenters. The zero-order valence-corrected chi connectivity index (χ0v) is 38.2. The van der Waals surface area contributed by atoms with Gasteiger partial charge in [0.25, 0.3) is 35.2 Å². The summed E-state index contributed by atoms with van der Waals surface area (Å²) in [7, 11) is 3.28. The standard InChI is InChI=1S/C25H23F2N5O4.C25H22F2N2O4/c1-13-20(22(34)23(35)29-24(11-25(26,27)12-24)19-10-28-31-30-19)14(2)32(3)21(13)17(33)9-15-4-5-18-16(8-15)6-7-36-18;1-5-24(12-25(26,27)13-24)28-23(32)22(31)20-14(2)21(29(4)15(20)3)18(30)11-16-6-7-19-17(10-16)8-9-33-19/h4-8,10H,9,11-12H2,1-3H3,(H,29,35)(H,28,30,31);1,6-10H,11-13H2,2-4H3,(H,28,32). The van der Waals surface area contributed by atoms with Gasteiger partial charge in [-0.3, -0.25) is 28.8 Å². The molecule has 5 heterocycles. The van der Waals surface area contributed by atoms with Gasteiger partial charge in [-0.25, -0.2) is 17.6 Å². The van der Waals surface area contributed by atoms with Gasteiger partial charge in [-0.2, -0.15) is 15.4 Å². The van der Waals surface area contributed by atoms with Crippen molar-refractivity contribution in [1.29, 1.82) is 0 Å². The third-order valence-corrected chi connectivity index (χ3v) is 13.1. The van der Waals surface area contributed by atoms with Gasteiger partial charge in [0.1, 0.15) is 22.4 Å². The highest BCUT2D eigenvalue weighted by Gasteiger charge is 2.60. The summed E-state index contributed by atoms with van der Waals surface area (Å²) in [5, 5.41) is 16.3. The van der Waals surface area contributed by atoms with Gasteiger partial charge in [-0.1, -0.05) is 18.1 Å².